The predicted octanol–water partition coefficient (Wildman–Crippen LogP) is 4.19. The smallest absolute Gasteiger partial charge is 0.274 e. The number of benzene rings is 1. The number of imidazole rings is 1. The summed E-state index contributed by atoms with van der Waals surface area (Å²) in [6, 6.07) is 9.78. The van der Waals surface area contributed by atoms with Crippen LogP contribution >= 0.6 is 0 Å². The number of rotatable bonds is 10. The molecule has 168 valence electrons. The normalized spacial score (nSPS) is 15.8. The van der Waals surface area contributed by atoms with E-state index < -0.39 is 5.54 Å². The number of aromatic nitrogens is 2. The quantitative estimate of drug-likeness (QED) is 0.452. The van der Waals surface area contributed by atoms with Gasteiger partial charge in [-0.25, -0.2) is 4.98 Å². The highest BCUT2D eigenvalue weighted by Crippen LogP contribution is 2.34. The van der Waals surface area contributed by atoms with Crippen LogP contribution in [0.25, 0.3) is 11.3 Å². The summed E-state index contributed by atoms with van der Waals surface area (Å²) in [5.74, 6) is 0.410. The maximum atomic E-state index is 13.7. The van der Waals surface area contributed by atoms with Gasteiger partial charge in [0.1, 0.15) is 17.8 Å². The fourth-order valence-electron chi connectivity index (χ4n) is 4.23. The Bertz CT molecular complexity index is 998. The van der Waals surface area contributed by atoms with Gasteiger partial charge in [-0.1, -0.05) is 61.9 Å². The van der Waals surface area contributed by atoms with Crippen LogP contribution in [-0.4, -0.2) is 52.3 Å². The summed E-state index contributed by atoms with van der Waals surface area (Å²) >= 11 is 0. The Labute approximate surface area is 190 Å². The summed E-state index contributed by atoms with van der Waals surface area (Å²) in [4.78, 5) is 32.3. The third kappa shape index (κ3) is 4.81. The van der Waals surface area contributed by atoms with E-state index in [-0.39, 0.29) is 5.91 Å². The summed E-state index contributed by atoms with van der Waals surface area (Å²) in [7, 11) is 1.84. The van der Waals surface area contributed by atoms with Crippen LogP contribution < -0.4 is 5.32 Å². The lowest BCUT2D eigenvalue weighted by molar-refractivity contribution is -0.117. The van der Waals surface area contributed by atoms with Crippen molar-refractivity contribution in [1.29, 1.82) is 0 Å². The van der Waals surface area contributed by atoms with Gasteiger partial charge in [-0.3, -0.25) is 9.36 Å². The molecule has 0 bridgehead atoms. The van der Waals surface area contributed by atoms with E-state index in [2.05, 4.69) is 11.9 Å². The highest BCUT2D eigenvalue weighted by molar-refractivity contribution is 5.95. The number of nitrogens with zero attached hydrogens (tertiary/aromatic N) is 3. The average Bonchev–Trinajstić information content (AvgIpc) is 3.49. The molecular weight excluding hydrogens is 400 g/mol. The summed E-state index contributed by atoms with van der Waals surface area (Å²) in [5, 5.41) is 3.10. The second-order valence-corrected chi connectivity index (χ2v) is 8.00. The van der Waals surface area contributed by atoms with Crippen LogP contribution in [0.1, 0.15) is 48.9 Å². The minimum atomic E-state index is -0.757. The van der Waals surface area contributed by atoms with Gasteiger partial charge in [-0.15, -0.1) is 0 Å². The van der Waals surface area contributed by atoms with E-state index in [4.69, 9.17) is 4.98 Å². The third-order valence-corrected chi connectivity index (χ3v) is 5.96. The van der Waals surface area contributed by atoms with Crippen molar-refractivity contribution in [3.63, 3.8) is 0 Å². The van der Waals surface area contributed by atoms with Gasteiger partial charge in [0.2, 0.25) is 0 Å². The van der Waals surface area contributed by atoms with E-state index in [1.807, 2.05) is 67.1 Å². The molecule has 0 aliphatic heterocycles. The Morgan fingerprint density at radius 3 is 2.59 bits per heavy atom. The van der Waals surface area contributed by atoms with E-state index in [1.54, 1.807) is 17.2 Å². The van der Waals surface area contributed by atoms with Gasteiger partial charge >= 0.3 is 0 Å². The molecule has 1 fully saturated rings. The number of carbonyl (C=O) groups is 2. The number of hydrogen-bond donors (Lipinski definition) is 1. The van der Waals surface area contributed by atoms with Gasteiger partial charge in [0, 0.05) is 30.5 Å². The van der Waals surface area contributed by atoms with E-state index in [0.29, 0.717) is 37.4 Å². The zero-order chi connectivity index (χ0) is 23.0. The molecule has 1 saturated carbocycles. The Hall–Kier alpha value is -3.25. The molecule has 2 aromatic rings. The Morgan fingerprint density at radius 1 is 1.28 bits per heavy atom. The summed E-state index contributed by atoms with van der Waals surface area (Å²) in [6.07, 6.45) is 13.5. The highest BCUT2D eigenvalue weighted by atomic mass is 16.2. The topological polar surface area (TPSA) is 67.2 Å². The molecule has 1 heterocycles. The lowest BCUT2D eigenvalue weighted by atomic mass is 9.96. The molecule has 6 heteroatoms. The summed E-state index contributed by atoms with van der Waals surface area (Å²) in [6.45, 7) is 6.93. The van der Waals surface area contributed by atoms with Crippen LogP contribution in [-0.2, 0) is 4.79 Å². The summed E-state index contributed by atoms with van der Waals surface area (Å²) < 4.78 is 1.91. The number of para-hydroxylation sites is 1. The molecule has 0 spiro atoms. The maximum absolute atomic E-state index is 13.7. The number of nitrogens with one attached hydrogen (secondary N) is 1. The molecule has 6 nitrogen and oxygen atoms in total. The van der Waals surface area contributed by atoms with Crippen molar-refractivity contribution < 1.29 is 9.59 Å². The lowest BCUT2D eigenvalue weighted by Gasteiger charge is -2.36. The highest BCUT2D eigenvalue weighted by Gasteiger charge is 2.42. The van der Waals surface area contributed by atoms with Gasteiger partial charge in [0.15, 0.2) is 0 Å². The van der Waals surface area contributed by atoms with E-state index in [0.717, 1.165) is 30.4 Å². The van der Waals surface area contributed by atoms with Crippen molar-refractivity contribution in [2.75, 3.05) is 20.1 Å². The minimum Gasteiger partial charge on any atom is -0.324 e. The first-order valence-corrected chi connectivity index (χ1v) is 11.1. The number of aldehydes is 1. The maximum Gasteiger partial charge on any atom is 0.274 e. The second kappa shape index (κ2) is 10.9. The zero-order valence-corrected chi connectivity index (χ0v) is 19.0. The van der Waals surface area contributed by atoms with E-state index >= 15 is 0 Å². The van der Waals surface area contributed by atoms with Gasteiger partial charge in [-0.05, 0) is 38.9 Å². The Balaban J connectivity index is 2.10. The SMILES string of the molecule is C=C/C(=C\C=C/C)c1nc(C(=O)N(CCNC)C2(C=O)CCCC2)cn1-c1ccccc1. The fourth-order valence-corrected chi connectivity index (χ4v) is 4.23. The first-order valence-electron chi connectivity index (χ1n) is 11.1. The number of likely N-dealkylation sites (N-methyl/N-ethyl adjacent to an activating group) is 1. The van der Waals surface area contributed by atoms with Crippen LogP contribution in [0.2, 0.25) is 0 Å². The molecule has 32 heavy (non-hydrogen) atoms. The minimum absolute atomic E-state index is 0.223. The van der Waals surface area contributed by atoms with Crippen molar-refractivity contribution in [2.45, 2.75) is 38.1 Å². The molecule has 1 aromatic heterocycles. The van der Waals surface area contributed by atoms with Crippen LogP contribution in [0.3, 0.4) is 0 Å². The Morgan fingerprint density at radius 2 is 2.00 bits per heavy atom. The van der Waals surface area contributed by atoms with E-state index in [1.165, 1.54) is 0 Å². The van der Waals surface area contributed by atoms with Crippen molar-refractivity contribution in [2.24, 2.45) is 0 Å². The zero-order valence-electron chi connectivity index (χ0n) is 19.0. The van der Waals surface area contributed by atoms with Crippen LogP contribution in [0, 0.1) is 0 Å². The lowest BCUT2D eigenvalue weighted by Crippen LogP contribution is -2.53. The molecular formula is C26H32N4O2. The van der Waals surface area contributed by atoms with E-state index in [9.17, 15) is 9.59 Å². The van der Waals surface area contributed by atoms with Crippen molar-refractivity contribution >= 4 is 17.8 Å². The van der Waals surface area contributed by atoms with Crippen LogP contribution in [0.15, 0.2) is 67.4 Å². The van der Waals surface area contributed by atoms with Crippen LogP contribution in [0.4, 0.5) is 0 Å². The number of allylic oxidation sites excluding steroid dienone is 5. The monoisotopic (exact) mass is 432 g/mol. The van der Waals surface area contributed by atoms with Gasteiger partial charge in [0.05, 0.1) is 5.54 Å². The summed E-state index contributed by atoms with van der Waals surface area (Å²) in [5.41, 5.74) is 1.27. The average molecular weight is 433 g/mol. The van der Waals surface area contributed by atoms with Crippen molar-refractivity contribution in [3.05, 3.63) is 78.9 Å². The second-order valence-electron chi connectivity index (χ2n) is 8.00. The molecule has 1 aromatic carbocycles. The van der Waals surface area contributed by atoms with Crippen molar-refractivity contribution in [1.82, 2.24) is 19.8 Å². The molecule has 1 aliphatic carbocycles. The molecule has 1 N–H and O–H groups in total. The molecule has 0 saturated heterocycles. The van der Waals surface area contributed by atoms with Gasteiger partial charge < -0.3 is 15.0 Å². The van der Waals surface area contributed by atoms with Gasteiger partial charge in [0.25, 0.3) is 5.91 Å². The van der Waals surface area contributed by atoms with Crippen molar-refractivity contribution in [3.8, 4) is 5.69 Å². The molecule has 0 atom stereocenters. The largest absolute Gasteiger partial charge is 0.324 e. The third-order valence-electron chi connectivity index (χ3n) is 5.96. The molecule has 1 amide bonds. The first kappa shape index (κ1) is 23.4. The number of amides is 1. The first-order chi connectivity index (χ1) is 15.6. The standard InChI is InChI=1S/C26H32N4O2/c1-4-6-12-21(5-2)24-28-23(19-29(24)22-13-8-7-9-14-22)25(32)30(18-17-27-3)26(20-31)15-10-11-16-26/h4-9,12-14,19-20,27H,2,10-11,15-18H2,1,3H3/b6-4-,21-12+. The Kier molecular flexibility index (Phi) is 7.95. The molecule has 3 rings (SSSR count). The number of hydrogen-bond acceptors (Lipinski definition) is 4. The number of carbonyl (C=O) groups excluding carboxylic acids is 2. The molecule has 0 unspecified atom stereocenters. The molecule has 1 aliphatic rings. The fraction of sp³-hybridized carbons (Fsp3) is 0.346. The predicted molar refractivity (Wildman–Crippen MR) is 129 cm³/mol. The van der Waals surface area contributed by atoms with Gasteiger partial charge in [-0.2, -0.15) is 0 Å². The molecule has 0 radical (unpaired) electrons. The van der Waals surface area contributed by atoms with Crippen LogP contribution in [0.5, 0.6) is 0 Å².